The second kappa shape index (κ2) is 9.50. The van der Waals surface area contributed by atoms with Crippen LogP contribution < -0.4 is 11.1 Å². The summed E-state index contributed by atoms with van der Waals surface area (Å²) in [5, 5.41) is 1.72. The zero-order valence-corrected chi connectivity index (χ0v) is 15.3. The van der Waals surface area contributed by atoms with Gasteiger partial charge in [-0.15, -0.1) is 0 Å². The van der Waals surface area contributed by atoms with E-state index in [1.54, 1.807) is 0 Å². The standard InChI is InChI=1S/C17H25FN2O4S/c1-3-6-14(7-4-2)25(23,24)11-15(16(19)21)20-17(22)12-8-5-9-13(18)10-12/h5,8-10,14-15H,3-4,6-7,11H2,1-2H3,(H2,19,21)(H,20,22)/t15-/m1/s1. The lowest BCUT2D eigenvalue weighted by molar-refractivity contribution is -0.119. The summed E-state index contributed by atoms with van der Waals surface area (Å²) in [5.41, 5.74) is 5.24. The molecule has 0 saturated heterocycles. The van der Waals surface area contributed by atoms with Crippen LogP contribution in [0.15, 0.2) is 24.3 Å². The summed E-state index contributed by atoms with van der Waals surface area (Å²) in [6.07, 6.45) is 2.36. The Labute approximate surface area is 147 Å². The van der Waals surface area contributed by atoms with Crippen LogP contribution in [-0.4, -0.2) is 37.3 Å². The highest BCUT2D eigenvalue weighted by Crippen LogP contribution is 2.17. The van der Waals surface area contributed by atoms with Gasteiger partial charge in [0.2, 0.25) is 5.91 Å². The number of sulfone groups is 1. The number of benzene rings is 1. The predicted octanol–water partition coefficient (Wildman–Crippen LogP) is 1.79. The Balaban J connectivity index is 2.93. The molecule has 0 aromatic heterocycles. The maximum Gasteiger partial charge on any atom is 0.252 e. The number of halogens is 1. The van der Waals surface area contributed by atoms with Crippen molar-refractivity contribution in [2.45, 2.75) is 50.8 Å². The summed E-state index contributed by atoms with van der Waals surface area (Å²) in [6.45, 7) is 3.77. The smallest absolute Gasteiger partial charge is 0.252 e. The van der Waals surface area contributed by atoms with Crippen LogP contribution >= 0.6 is 0 Å². The maximum atomic E-state index is 13.2. The topological polar surface area (TPSA) is 106 Å². The van der Waals surface area contributed by atoms with Crippen molar-refractivity contribution in [3.8, 4) is 0 Å². The molecule has 1 aromatic rings. The minimum absolute atomic E-state index is 0.0117. The number of rotatable bonds is 10. The van der Waals surface area contributed by atoms with Gasteiger partial charge < -0.3 is 11.1 Å². The molecule has 2 amide bonds. The first-order valence-electron chi connectivity index (χ1n) is 8.28. The molecule has 0 spiro atoms. The lowest BCUT2D eigenvalue weighted by atomic mass is 10.2. The van der Waals surface area contributed by atoms with Crippen molar-refractivity contribution >= 4 is 21.7 Å². The van der Waals surface area contributed by atoms with E-state index in [2.05, 4.69) is 5.32 Å². The van der Waals surface area contributed by atoms with Gasteiger partial charge in [-0.25, -0.2) is 12.8 Å². The third kappa shape index (κ3) is 6.45. The molecule has 0 aliphatic rings. The zero-order valence-electron chi connectivity index (χ0n) is 14.5. The van der Waals surface area contributed by atoms with E-state index in [4.69, 9.17) is 5.73 Å². The van der Waals surface area contributed by atoms with Gasteiger partial charge in [0.25, 0.3) is 5.91 Å². The van der Waals surface area contributed by atoms with Crippen molar-refractivity contribution in [2.75, 3.05) is 5.75 Å². The Bertz CT molecular complexity index is 700. The normalized spacial score (nSPS) is 12.8. The third-order valence-corrected chi connectivity index (χ3v) is 6.15. The number of primary amides is 1. The Morgan fingerprint density at radius 1 is 1.20 bits per heavy atom. The molecule has 0 bridgehead atoms. The highest BCUT2D eigenvalue weighted by atomic mass is 32.2. The van der Waals surface area contributed by atoms with Gasteiger partial charge in [-0.05, 0) is 31.0 Å². The lowest BCUT2D eigenvalue weighted by Gasteiger charge is -2.21. The first-order chi connectivity index (χ1) is 11.7. The Morgan fingerprint density at radius 3 is 2.28 bits per heavy atom. The SMILES string of the molecule is CCCC(CCC)S(=O)(=O)C[C@@H](NC(=O)c1cccc(F)c1)C(N)=O. The van der Waals surface area contributed by atoms with Crippen molar-refractivity contribution in [1.29, 1.82) is 0 Å². The molecule has 25 heavy (non-hydrogen) atoms. The van der Waals surface area contributed by atoms with E-state index in [9.17, 15) is 22.4 Å². The first-order valence-corrected chi connectivity index (χ1v) is 10.00. The zero-order chi connectivity index (χ0) is 19.0. The first kappa shape index (κ1) is 21.1. The van der Waals surface area contributed by atoms with Gasteiger partial charge in [-0.2, -0.15) is 0 Å². The molecule has 140 valence electrons. The summed E-state index contributed by atoms with van der Waals surface area (Å²) in [5.74, 6) is -2.86. The maximum absolute atomic E-state index is 13.2. The molecule has 0 aliphatic carbocycles. The summed E-state index contributed by atoms with van der Waals surface area (Å²) >= 11 is 0. The van der Waals surface area contributed by atoms with Crippen molar-refractivity contribution in [3.05, 3.63) is 35.6 Å². The highest BCUT2D eigenvalue weighted by Gasteiger charge is 2.31. The van der Waals surface area contributed by atoms with Gasteiger partial charge in [0.15, 0.2) is 9.84 Å². The number of amides is 2. The second-order valence-corrected chi connectivity index (χ2v) is 8.29. The molecule has 0 radical (unpaired) electrons. The Hall–Kier alpha value is -1.96. The number of carbonyl (C=O) groups excluding carboxylic acids is 2. The molecule has 3 N–H and O–H groups in total. The molecule has 0 saturated carbocycles. The van der Waals surface area contributed by atoms with Gasteiger partial charge in [0.05, 0.1) is 11.0 Å². The molecule has 1 aromatic carbocycles. The minimum atomic E-state index is -3.62. The number of hydrogen-bond donors (Lipinski definition) is 2. The van der Waals surface area contributed by atoms with Crippen molar-refractivity contribution < 1.29 is 22.4 Å². The third-order valence-electron chi connectivity index (χ3n) is 3.86. The van der Waals surface area contributed by atoms with E-state index in [1.165, 1.54) is 18.2 Å². The van der Waals surface area contributed by atoms with E-state index < -0.39 is 44.5 Å². The fraction of sp³-hybridized carbons (Fsp3) is 0.529. The summed E-state index contributed by atoms with van der Waals surface area (Å²) in [6, 6.07) is 3.52. The number of nitrogens with two attached hydrogens (primary N) is 1. The van der Waals surface area contributed by atoms with E-state index in [0.29, 0.717) is 25.7 Å². The van der Waals surface area contributed by atoms with Gasteiger partial charge in [-0.1, -0.05) is 32.8 Å². The molecule has 0 aliphatic heterocycles. The van der Waals surface area contributed by atoms with Crippen molar-refractivity contribution in [1.82, 2.24) is 5.32 Å². The summed E-state index contributed by atoms with van der Waals surface area (Å²) < 4.78 is 38.4. The average molecular weight is 372 g/mol. The Morgan fingerprint density at radius 2 is 1.80 bits per heavy atom. The van der Waals surface area contributed by atoms with E-state index in [1.807, 2.05) is 13.8 Å². The highest BCUT2D eigenvalue weighted by molar-refractivity contribution is 7.92. The van der Waals surface area contributed by atoms with Gasteiger partial charge in [-0.3, -0.25) is 9.59 Å². The summed E-state index contributed by atoms with van der Waals surface area (Å²) in [4.78, 5) is 23.8. The van der Waals surface area contributed by atoms with Gasteiger partial charge >= 0.3 is 0 Å². The van der Waals surface area contributed by atoms with Crippen LogP contribution in [0.2, 0.25) is 0 Å². The Kier molecular flexibility index (Phi) is 8.02. The van der Waals surface area contributed by atoms with E-state index in [-0.39, 0.29) is 5.56 Å². The molecule has 0 unspecified atom stereocenters. The van der Waals surface area contributed by atoms with Gasteiger partial charge in [0, 0.05) is 5.56 Å². The van der Waals surface area contributed by atoms with E-state index >= 15 is 0 Å². The summed E-state index contributed by atoms with van der Waals surface area (Å²) in [7, 11) is -3.62. The molecular weight excluding hydrogens is 347 g/mol. The average Bonchev–Trinajstić information content (AvgIpc) is 2.53. The molecule has 1 rings (SSSR count). The molecule has 6 nitrogen and oxygen atoms in total. The fourth-order valence-corrected chi connectivity index (χ4v) is 4.76. The lowest BCUT2D eigenvalue weighted by Crippen LogP contribution is -2.49. The van der Waals surface area contributed by atoms with Crippen LogP contribution in [0, 0.1) is 5.82 Å². The second-order valence-electron chi connectivity index (χ2n) is 5.97. The molecule has 0 heterocycles. The van der Waals surface area contributed by atoms with Crippen LogP contribution in [0.4, 0.5) is 4.39 Å². The quantitative estimate of drug-likeness (QED) is 0.653. The number of hydrogen-bond acceptors (Lipinski definition) is 4. The number of nitrogens with one attached hydrogen (secondary N) is 1. The monoisotopic (exact) mass is 372 g/mol. The van der Waals surface area contributed by atoms with Crippen LogP contribution in [0.1, 0.15) is 49.9 Å². The fourth-order valence-electron chi connectivity index (χ4n) is 2.58. The van der Waals surface area contributed by atoms with Gasteiger partial charge in [0.1, 0.15) is 11.9 Å². The molecular formula is C17H25FN2O4S. The van der Waals surface area contributed by atoms with Crippen LogP contribution in [0.5, 0.6) is 0 Å². The minimum Gasteiger partial charge on any atom is -0.368 e. The van der Waals surface area contributed by atoms with Crippen LogP contribution in [0.25, 0.3) is 0 Å². The van der Waals surface area contributed by atoms with Crippen LogP contribution in [-0.2, 0) is 14.6 Å². The van der Waals surface area contributed by atoms with Crippen molar-refractivity contribution in [3.63, 3.8) is 0 Å². The predicted molar refractivity (Wildman–Crippen MR) is 94.2 cm³/mol. The molecule has 0 fully saturated rings. The van der Waals surface area contributed by atoms with Crippen LogP contribution in [0.3, 0.4) is 0 Å². The molecule has 1 atom stereocenters. The molecule has 8 heteroatoms. The largest absolute Gasteiger partial charge is 0.368 e. The van der Waals surface area contributed by atoms with Crippen molar-refractivity contribution in [2.24, 2.45) is 5.73 Å². The number of carbonyl (C=O) groups is 2. The van der Waals surface area contributed by atoms with E-state index in [0.717, 1.165) is 6.07 Å².